The second kappa shape index (κ2) is 5.53. The standard InChI is InChI=1S/C17H20N4O2/c1-11(22)21-10-13-15(17(21,2)3)19-20-16(13)18-14(23)9-12-7-5-4-6-8-12/h4-8H,9-10H2,1-3H3,(H2,18,19,20,23). The van der Waals surface area contributed by atoms with Gasteiger partial charge in [0.15, 0.2) is 5.82 Å². The van der Waals surface area contributed by atoms with Crippen molar-refractivity contribution >= 4 is 17.6 Å². The van der Waals surface area contributed by atoms with Crippen molar-refractivity contribution in [1.29, 1.82) is 0 Å². The Morgan fingerprint density at radius 2 is 2.00 bits per heavy atom. The molecule has 2 aromatic rings. The Balaban J connectivity index is 1.77. The number of H-pyrrole nitrogens is 1. The van der Waals surface area contributed by atoms with Gasteiger partial charge in [0.05, 0.1) is 24.2 Å². The molecule has 0 fully saturated rings. The SMILES string of the molecule is CC(=O)N1Cc2c(NC(=O)Cc3ccccc3)n[nH]c2C1(C)C. The number of aromatic nitrogens is 2. The fraction of sp³-hybridized carbons (Fsp3) is 0.353. The van der Waals surface area contributed by atoms with Crippen molar-refractivity contribution in [3.8, 4) is 0 Å². The minimum atomic E-state index is -0.448. The van der Waals surface area contributed by atoms with Gasteiger partial charge in [-0.3, -0.25) is 14.7 Å². The molecule has 1 aromatic carbocycles. The normalized spacial score (nSPS) is 15.3. The third-order valence-corrected chi connectivity index (χ3v) is 4.32. The molecule has 0 saturated carbocycles. The van der Waals surface area contributed by atoms with E-state index in [-0.39, 0.29) is 11.8 Å². The summed E-state index contributed by atoms with van der Waals surface area (Å²) < 4.78 is 0. The minimum absolute atomic E-state index is 0.00108. The topological polar surface area (TPSA) is 78.1 Å². The fourth-order valence-corrected chi connectivity index (χ4v) is 3.08. The molecule has 0 radical (unpaired) electrons. The minimum Gasteiger partial charge on any atom is -0.328 e. The second-order valence-corrected chi connectivity index (χ2v) is 6.30. The van der Waals surface area contributed by atoms with E-state index >= 15 is 0 Å². The van der Waals surface area contributed by atoms with E-state index in [4.69, 9.17) is 0 Å². The molecule has 2 heterocycles. The Hall–Kier alpha value is -2.63. The van der Waals surface area contributed by atoms with Crippen LogP contribution in [0.3, 0.4) is 0 Å². The number of carbonyl (C=O) groups excluding carboxylic acids is 2. The molecule has 23 heavy (non-hydrogen) atoms. The zero-order valence-electron chi connectivity index (χ0n) is 13.5. The monoisotopic (exact) mass is 312 g/mol. The van der Waals surface area contributed by atoms with Crippen molar-refractivity contribution < 1.29 is 9.59 Å². The number of rotatable bonds is 3. The van der Waals surface area contributed by atoms with E-state index in [0.717, 1.165) is 16.8 Å². The van der Waals surface area contributed by atoms with Gasteiger partial charge in [0, 0.05) is 12.5 Å². The molecule has 2 N–H and O–H groups in total. The van der Waals surface area contributed by atoms with E-state index in [1.807, 2.05) is 44.2 Å². The highest BCUT2D eigenvalue weighted by Crippen LogP contribution is 2.40. The predicted octanol–water partition coefficient (Wildman–Crippen LogP) is 2.19. The summed E-state index contributed by atoms with van der Waals surface area (Å²) in [7, 11) is 0. The van der Waals surface area contributed by atoms with Crippen LogP contribution in [0.5, 0.6) is 0 Å². The number of anilines is 1. The lowest BCUT2D eigenvalue weighted by Gasteiger charge is -2.30. The Kier molecular flexibility index (Phi) is 3.67. The summed E-state index contributed by atoms with van der Waals surface area (Å²) in [6.07, 6.45) is 0.294. The molecule has 0 aliphatic carbocycles. The average molecular weight is 312 g/mol. The highest BCUT2D eigenvalue weighted by Gasteiger charge is 2.42. The zero-order valence-corrected chi connectivity index (χ0v) is 13.5. The van der Waals surface area contributed by atoms with Crippen molar-refractivity contribution in [3.05, 3.63) is 47.2 Å². The lowest BCUT2D eigenvalue weighted by Crippen LogP contribution is -2.39. The maximum Gasteiger partial charge on any atom is 0.230 e. The molecule has 1 aromatic heterocycles. The van der Waals surface area contributed by atoms with Crippen molar-refractivity contribution in [2.24, 2.45) is 0 Å². The lowest BCUT2D eigenvalue weighted by atomic mass is 10.0. The number of nitrogens with zero attached hydrogens (tertiary/aromatic N) is 2. The van der Waals surface area contributed by atoms with Gasteiger partial charge in [-0.25, -0.2) is 0 Å². The maximum absolute atomic E-state index is 12.2. The summed E-state index contributed by atoms with van der Waals surface area (Å²) in [6.45, 7) is 5.94. The van der Waals surface area contributed by atoms with Gasteiger partial charge in [0.1, 0.15) is 0 Å². The summed E-state index contributed by atoms with van der Waals surface area (Å²) in [4.78, 5) is 25.8. The first-order valence-corrected chi connectivity index (χ1v) is 7.59. The molecule has 2 amide bonds. The molecule has 6 nitrogen and oxygen atoms in total. The molecule has 0 atom stereocenters. The molecule has 0 spiro atoms. The van der Waals surface area contributed by atoms with Crippen LogP contribution >= 0.6 is 0 Å². The third kappa shape index (κ3) is 2.72. The van der Waals surface area contributed by atoms with Crippen LogP contribution in [0.1, 0.15) is 37.6 Å². The Morgan fingerprint density at radius 3 is 2.65 bits per heavy atom. The molecule has 1 aliphatic heterocycles. The average Bonchev–Trinajstić information content (AvgIpc) is 2.99. The summed E-state index contributed by atoms with van der Waals surface area (Å²) >= 11 is 0. The lowest BCUT2D eigenvalue weighted by molar-refractivity contribution is -0.134. The van der Waals surface area contributed by atoms with Gasteiger partial charge >= 0.3 is 0 Å². The number of hydrogen-bond donors (Lipinski definition) is 2. The van der Waals surface area contributed by atoms with Crippen LogP contribution in [0.2, 0.25) is 0 Å². The van der Waals surface area contributed by atoms with Crippen LogP contribution in [-0.4, -0.2) is 26.9 Å². The van der Waals surface area contributed by atoms with Crippen molar-refractivity contribution in [1.82, 2.24) is 15.1 Å². The van der Waals surface area contributed by atoms with E-state index in [2.05, 4.69) is 15.5 Å². The van der Waals surface area contributed by atoms with Gasteiger partial charge in [-0.15, -0.1) is 0 Å². The molecule has 3 rings (SSSR count). The van der Waals surface area contributed by atoms with E-state index in [9.17, 15) is 9.59 Å². The highest BCUT2D eigenvalue weighted by atomic mass is 16.2. The van der Waals surface area contributed by atoms with E-state index in [1.54, 1.807) is 11.8 Å². The van der Waals surface area contributed by atoms with Gasteiger partial charge in [-0.05, 0) is 19.4 Å². The summed E-state index contributed by atoms with van der Waals surface area (Å²) in [5.74, 6) is 0.392. The van der Waals surface area contributed by atoms with Crippen molar-refractivity contribution in [3.63, 3.8) is 0 Å². The number of carbonyl (C=O) groups is 2. The molecular weight excluding hydrogens is 292 g/mol. The maximum atomic E-state index is 12.2. The van der Waals surface area contributed by atoms with E-state index in [0.29, 0.717) is 18.8 Å². The molecule has 120 valence electrons. The van der Waals surface area contributed by atoms with Gasteiger partial charge in [-0.1, -0.05) is 30.3 Å². The van der Waals surface area contributed by atoms with Gasteiger partial charge in [-0.2, -0.15) is 5.10 Å². The summed E-state index contributed by atoms with van der Waals surface area (Å²) in [5, 5.41) is 10.0. The Morgan fingerprint density at radius 1 is 1.30 bits per heavy atom. The first kappa shape index (κ1) is 15.3. The summed E-state index contributed by atoms with van der Waals surface area (Å²) in [5.41, 5.74) is 2.26. The summed E-state index contributed by atoms with van der Waals surface area (Å²) in [6, 6.07) is 9.55. The number of amides is 2. The number of hydrogen-bond acceptors (Lipinski definition) is 3. The molecule has 0 bridgehead atoms. The molecular formula is C17H20N4O2. The molecule has 0 saturated heterocycles. The van der Waals surface area contributed by atoms with Crippen LogP contribution in [-0.2, 0) is 28.1 Å². The third-order valence-electron chi connectivity index (χ3n) is 4.32. The Labute approximate surface area is 134 Å². The number of benzene rings is 1. The molecule has 6 heteroatoms. The second-order valence-electron chi connectivity index (χ2n) is 6.30. The largest absolute Gasteiger partial charge is 0.328 e. The molecule has 1 aliphatic rings. The van der Waals surface area contributed by atoms with Gasteiger partial charge in [0.25, 0.3) is 0 Å². The quantitative estimate of drug-likeness (QED) is 0.912. The Bertz CT molecular complexity index is 749. The van der Waals surface area contributed by atoms with Gasteiger partial charge < -0.3 is 10.2 Å². The van der Waals surface area contributed by atoms with Crippen LogP contribution in [0.25, 0.3) is 0 Å². The molecule has 0 unspecified atom stereocenters. The van der Waals surface area contributed by atoms with Crippen LogP contribution in [0.4, 0.5) is 5.82 Å². The predicted molar refractivity (Wildman–Crippen MR) is 86.6 cm³/mol. The highest BCUT2D eigenvalue weighted by molar-refractivity contribution is 5.92. The number of aromatic amines is 1. The fourth-order valence-electron chi connectivity index (χ4n) is 3.08. The van der Waals surface area contributed by atoms with Crippen LogP contribution in [0.15, 0.2) is 30.3 Å². The first-order chi connectivity index (χ1) is 10.9. The van der Waals surface area contributed by atoms with Crippen molar-refractivity contribution in [2.75, 3.05) is 5.32 Å². The van der Waals surface area contributed by atoms with E-state index < -0.39 is 5.54 Å². The number of nitrogens with one attached hydrogen (secondary N) is 2. The van der Waals surface area contributed by atoms with Gasteiger partial charge in [0.2, 0.25) is 11.8 Å². The van der Waals surface area contributed by atoms with Crippen LogP contribution in [0, 0.1) is 0 Å². The smallest absolute Gasteiger partial charge is 0.230 e. The number of fused-ring (bicyclic) bond motifs is 1. The first-order valence-electron chi connectivity index (χ1n) is 7.59. The van der Waals surface area contributed by atoms with Crippen molar-refractivity contribution in [2.45, 2.75) is 39.3 Å². The zero-order chi connectivity index (χ0) is 16.6. The van der Waals surface area contributed by atoms with Crippen LogP contribution < -0.4 is 5.32 Å². The van der Waals surface area contributed by atoms with E-state index in [1.165, 1.54) is 0 Å².